The van der Waals surface area contributed by atoms with Gasteiger partial charge in [-0.3, -0.25) is 9.52 Å². The molecule has 0 amide bonds. The molecule has 1 N–H and O–H groups in total. The molecule has 4 nitrogen and oxygen atoms in total. The molecule has 0 heterocycles. The summed E-state index contributed by atoms with van der Waals surface area (Å²) in [4.78, 5) is 11.5. The molecular formula is C16H14F3NO3S. The van der Waals surface area contributed by atoms with Crippen molar-refractivity contribution in [1.29, 1.82) is 0 Å². The molecule has 24 heavy (non-hydrogen) atoms. The van der Waals surface area contributed by atoms with E-state index in [0.717, 1.165) is 12.1 Å². The minimum atomic E-state index is -4.57. The Hall–Kier alpha value is -2.35. The molecule has 0 radical (unpaired) electrons. The Morgan fingerprint density at radius 3 is 2.38 bits per heavy atom. The zero-order valence-electron chi connectivity index (χ0n) is 12.6. The van der Waals surface area contributed by atoms with Gasteiger partial charge in [-0.25, -0.2) is 8.42 Å². The van der Waals surface area contributed by atoms with Crippen LogP contribution in [-0.2, 0) is 16.2 Å². The number of rotatable bonds is 5. The van der Waals surface area contributed by atoms with Crippen molar-refractivity contribution in [3.8, 4) is 0 Å². The SMILES string of the molecule is CCC(=O)c1cccc(S(=O)(=O)Nc2cccc(C(F)(F)F)c2)c1. The molecule has 8 heteroatoms. The van der Waals surface area contributed by atoms with E-state index >= 15 is 0 Å². The summed E-state index contributed by atoms with van der Waals surface area (Å²) in [6.45, 7) is 1.64. The number of hydrogen-bond donors (Lipinski definition) is 1. The lowest BCUT2D eigenvalue weighted by atomic mass is 10.1. The van der Waals surface area contributed by atoms with Crippen molar-refractivity contribution >= 4 is 21.5 Å². The van der Waals surface area contributed by atoms with Gasteiger partial charge in [0.2, 0.25) is 0 Å². The quantitative estimate of drug-likeness (QED) is 0.820. The fourth-order valence-electron chi connectivity index (χ4n) is 2.01. The molecule has 0 aliphatic rings. The van der Waals surface area contributed by atoms with Crippen molar-refractivity contribution in [1.82, 2.24) is 0 Å². The van der Waals surface area contributed by atoms with Crippen LogP contribution < -0.4 is 4.72 Å². The molecule has 2 aromatic carbocycles. The molecule has 2 aromatic rings. The Labute approximate surface area is 137 Å². The van der Waals surface area contributed by atoms with Gasteiger partial charge < -0.3 is 0 Å². The molecule has 0 aliphatic heterocycles. The summed E-state index contributed by atoms with van der Waals surface area (Å²) >= 11 is 0. The zero-order chi connectivity index (χ0) is 18.0. The first kappa shape index (κ1) is 18.0. The minimum Gasteiger partial charge on any atom is -0.294 e. The number of nitrogens with one attached hydrogen (secondary N) is 1. The van der Waals surface area contributed by atoms with Gasteiger partial charge in [-0.1, -0.05) is 25.1 Å². The van der Waals surface area contributed by atoms with Crippen LogP contribution in [0.1, 0.15) is 29.3 Å². The minimum absolute atomic E-state index is 0.195. The number of carbonyl (C=O) groups excluding carboxylic acids is 1. The van der Waals surface area contributed by atoms with E-state index < -0.39 is 21.8 Å². The summed E-state index contributed by atoms with van der Waals surface area (Å²) in [6.07, 6.45) is -4.36. The lowest BCUT2D eigenvalue weighted by Crippen LogP contribution is -2.14. The highest BCUT2D eigenvalue weighted by molar-refractivity contribution is 7.92. The van der Waals surface area contributed by atoms with Crippen molar-refractivity contribution in [2.24, 2.45) is 0 Å². The van der Waals surface area contributed by atoms with Crippen molar-refractivity contribution in [3.05, 3.63) is 59.7 Å². The number of anilines is 1. The van der Waals surface area contributed by atoms with Gasteiger partial charge >= 0.3 is 6.18 Å². The molecule has 0 atom stereocenters. The number of benzene rings is 2. The predicted octanol–water partition coefficient (Wildman–Crippen LogP) is 4.10. The summed E-state index contributed by atoms with van der Waals surface area (Å²) in [5.41, 5.74) is -0.945. The molecule has 0 saturated heterocycles. The Morgan fingerprint density at radius 2 is 1.75 bits per heavy atom. The summed E-state index contributed by atoms with van der Waals surface area (Å²) in [7, 11) is -4.11. The van der Waals surface area contributed by atoms with E-state index in [4.69, 9.17) is 0 Å². The van der Waals surface area contributed by atoms with Crippen LogP contribution in [0, 0.1) is 0 Å². The first-order valence-corrected chi connectivity index (χ1v) is 8.45. The normalized spacial score (nSPS) is 12.0. The van der Waals surface area contributed by atoms with Gasteiger partial charge in [0, 0.05) is 17.7 Å². The third-order valence-corrected chi connectivity index (χ3v) is 4.61. The Kier molecular flexibility index (Phi) is 4.98. The molecule has 0 aliphatic carbocycles. The second-order valence-electron chi connectivity index (χ2n) is 4.99. The van der Waals surface area contributed by atoms with Crippen LogP contribution in [0.15, 0.2) is 53.4 Å². The van der Waals surface area contributed by atoms with E-state index in [-0.39, 0.29) is 28.4 Å². The number of alkyl halides is 3. The number of hydrogen-bond acceptors (Lipinski definition) is 3. The van der Waals surface area contributed by atoms with Gasteiger partial charge in [-0.05, 0) is 30.3 Å². The molecule has 0 fully saturated rings. The first-order chi connectivity index (χ1) is 11.1. The predicted molar refractivity (Wildman–Crippen MR) is 83.3 cm³/mol. The highest BCUT2D eigenvalue weighted by Gasteiger charge is 2.30. The highest BCUT2D eigenvalue weighted by Crippen LogP contribution is 2.31. The first-order valence-electron chi connectivity index (χ1n) is 6.97. The van der Waals surface area contributed by atoms with Crippen LogP contribution in [-0.4, -0.2) is 14.2 Å². The average molecular weight is 357 g/mol. The standard InChI is InChI=1S/C16H14F3NO3S/c1-2-15(21)11-5-3-8-14(9-11)24(22,23)20-13-7-4-6-12(10-13)16(17,18)19/h3-10,20H,2H2,1H3. The fourth-order valence-corrected chi connectivity index (χ4v) is 3.11. The van der Waals surface area contributed by atoms with Crippen LogP contribution in [0.5, 0.6) is 0 Å². The Balaban J connectivity index is 2.34. The molecule has 2 rings (SSSR count). The monoisotopic (exact) mass is 357 g/mol. The molecule has 0 aromatic heterocycles. The number of ketones is 1. The third-order valence-electron chi connectivity index (χ3n) is 3.23. The van der Waals surface area contributed by atoms with E-state index in [1.807, 2.05) is 0 Å². The lowest BCUT2D eigenvalue weighted by Gasteiger charge is -2.11. The fraction of sp³-hybridized carbons (Fsp3) is 0.188. The van der Waals surface area contributed by atoms with E-state index in [0.29, 0.717) is 6.07 Å². The largest absolute Gasteiger partial charge is 0.416 e. The van der Waals surface area contributed by atoms with Crippen LogP contribution >= 0.6 is 0 Å². The second kappa shape index (κ2) is 6.64. The van der Waals surface area contributed by atoms with Gasteiger partial charge in [0.25, 0.3) is 10.0 Å². The smallest absolute Gasteiger partial charge is 0.294 e. The highest BCUT2D eigenvalue weighted by atomic mass is 32.2. The van der Waals surface area contributed by atoms with E-state index in [9.17, 15) is 26.4 Å². The van der Waals surface area contributed by atoms with Crippen molar-refractivity contribution in [2.75, 3.05) is 4.72 Å². The Morgan fingerprint density at radius 1 is 1.08 bits per heavy atom. The maximum absolute atomic E-state index is 12.7. The average Bonchev–Trinajstić information content (AvgIpc) is 2.53. The maximum atomic E-state index is 12.7. The molecular weight excluding hydrogens is 343 g/mol. The van der Waals surface area contributed by atoms with Crippen LogP contribution in [0.4, 0.5) is 18.9 Å². The van der Waals surface area contributed by atoms with Crippen LogP contribution in [0.3, 0.4) is 0 Å². The summed E-state index contributed by atoms with van der Waals surface area (Å²) in [6, 6.07) is 9.23. The summed E-state index contributed by atoms with van der Waals surface area (Å²) in [5, 5.41) is 0. The third kappa shape index (κ3) is 4.14. The van der Waals surface area contributed by atoms with Gasteiger partial charge in [-0.15, -0.1) is 0 Å². The van der Waals surface area contributed by atoms with E-state index in [1.54, 1.807) is 6.92 Å². The molecule has 128 valence electrons. The van der Waals surface area contributed by atoms with Crippen LogP contribution in [0.2, 0.25) is 0 Å². The molecule has 0 spiro atoms. The topological polar surface area (TPSA) is 63.2 Å². The Bertz CT molecular complexity index is 861. The van der Waals surface area contributed by atoms with Gasteiger partial charge in [0.15, 0.2) is 5.78 Å². The van der Waals surface area contributed by atoms with Crippen molar-refractivity contribution in [3.63, 3.8) is 0 Å². The van der Waals surface area contributed by atoms with Crippen LogP contribution in [0.25, 0.3) is 0 Å². The van der Waals surface area contributed by atoms with Gasteiger partial charge in [-0.2, -0.15) is 13.2 Å². The molecule has 0 saturated carbocycles. The number of halogens is 3. The molecule has 0 unspecified atom stereocenters. The number of Topliss-reactive ketones (excluding diaryl/α,β-unsaturated/α-hetero) is 1. The number of sulfonamides is 1. The van der Waals surface area contributed by atoms with Crippen molar-refractivity contribution in [2.45, 2.75) is 24.4 Å². The van der Waals surface area contributed by atoms with E-state index in [2.05, 4.69) is 4.72 Å². The zero-order valence-corrected chi connectivity index (χ0v) is 13.4. The molecule has 0 bridgehead atoms. The maximum Gasteiger partial charge on any atom is 0.416 e. The van der Waals surface area contributed by atoms with E-state index in [1.165, 1.54) is 30.3 Å². The summed E-state index contributed by atoms with van der Waals surface area (Å²) < 4.78 is 64.8. The van der Waals surface area contributed by atoms with Gasteiger partial charge in [0.05, 0.1) is 10.5 Å². The van der Waals surface area contributed by atoms with Crippen molar-refractivity contribution < 1.29 is 26.4 Å². The lowest BCUT2D eigenvalue weighted by molar-refractivity contribution is -0.137. The second-order valence-corrected chi connectivity index (χ2v) is 6.67. The number of carbonyl (C=O) groups is 1. The van der Waals surface area contributed by atoms with Gasteiger partial charge in [0.1, 0.15) is 0 Å². The summed E-state index contributed by atoms with van der Waals surface area (Å²) in [5.74, 6) is -0.230.